The number of amides is 2. The Kier molecular flexibility index (Phi) is 11.7. The molecule has 0 spiro atoms. The Morgan fingerprint density at radius 3 is 2.16 bits per heavy atom. The second kappa shape index (κ2) is 15.8. The van der Waals surface area contributed by atoms with Gasteiger partial charge in [0, 0.05) is 0 Å². The highest BCUT2D eigenvalue weighted by molar-refractivity contribution is 7.99. The first-order valence-corrected chi connectivity index (χ1v) is 15.8. The van der Waals surface area contributed by atoms with Crippen LogP contribution in [-0.4, -0.2) is 57.5 Å². The number of ether oxygens (including phenoxy) is 2. The van der Waals surface area contributed by atoms with Gasteiger partial charge in [0.15, 0.2) is 11.0 Å². The van der Waals surface area contributed by atoms with Crippen molar-refractivity contribution in [1.29, 1.82) is 0 Å². The predicted molar refractivity (Wildman–Crippen MR) is 168 cm³/mol. The molecule has 0 fully saturated rings. The van der Waals surface area contributed by atoms with Crippen LogP contribution in [0.1, 0.15) is 56.4 Å². The third-order valence-corrected chi connectivity index (χ3v) is 8.45. The number of hydrogen-bond donors (Lipinski definition) is 2. The van der Waals surface area contributed by atoms with Gasteiger partial charge in [0.1, 0.15) is 9.88 Å². The van der Waals surface area contributed by atoms with Gasteiger partial charge in [-0.1, -0.05) is 72.4 Å². The molecule has 11 nitrogen and oxygen atoms in total. The Hall–Kier alpha value is -4.49. The first-order valence-electron chi connectivity index (χ1n) is 14.0. The smallest absolute Gasteiger partial charge is 0.348 e. The van der Waals surface area contributed by atoms with Gasteiger partial charge in [-0.2, -0.15) is 0 Å². The maximum Gasteiger partial charge on any atom is 0.348 e. The first kappa shape index (κ1) is 32.4. The molecule has 2 heterocycles. The molecule has 2 N–H and O–H groups in total. The summed E-state index contributed by atoms with van der Waals surface area (Å²) in [5.41, 5.74) is 2.41. The monoisotopic (exact) mass is 635 g/mol. The number of rotatable bonds is 14. The van der Waals surface area contributed by atoms with Gasteiger partial charge < -0.3 is 24.7 Å². The fourth-order valence-electron chi connectivity index (χ4n) is 4.24. The molecule has 2 aromatic heterocycles. The summed E-state index contributed by atoms with van der Waals surface area (Å²) < 4.78 is 12.1. The lowest BCUT2D eigenvalue weighted by Gasteiger charge is -2.11. The maximum absolute atomic E-state index is 13.1. The minimum Gasteiger partial charge on any atom is -0.462 e. The predicted octanol–water partition coefficient (Wildman–Crippen LogP) is 4.64. The van der Waals surface area contributed by atoms with Crippen LogP contribution >= 0.6 is 23.1 Å². The van der Waals surface area contributed by atoms with Gasteiger partial charge in [-0.25, -0.2) is 9.59 Å². The minimum absolute atomic E-state index is 0.0543. The van der Waals surface area contributed by atoms with Crippen LogP contribution in [0.3, 0.4) is 0 Å². The number of thioether (sulfide) groups is 1. The molecule has 13 heteroatoms. The van der Waals surface area contributed by atoms with Gasteiger partial charge in [0.2, 0.25) is 11.8 Å². The minimum atomic E-state index is -0.638. The van der Waals surface area contributed by atoms with Gasteiger partial charge in [0.25, 0.3) is 0 Å². The molecule has 230 valence electrons. The fraction of sp³-hybridized carbons (Fsp3) is 0.290. The second-order valence-corrected chi connectivity index (χ2v) is 11.4. The van der Waals surface area contributed by atoms with Crippen molar-refractivity contribution < 1.29 is 28.7 Å². The molecule has 0 saturated heterocycles. The molecule has 0 aliphatic rings. The van der Waals surface area contributed by atoms with E-state index in [0.29, 0.717) is 23.1 Å². The molecule has 0 atom stereocenters. The molecule has 0 aliphatic carbocycles. The van der Waals surface area contributed by atoms with Crippen LogP contribution in [0.5, 0.6) is 0 Å². The van der Waals surface area contributed by atoms with Crippen LogP contribution < -0.4 is 10.6 Å². The number of thiophene rings is 1. The number of aromatic nitrogens is 3. The van der Waals surface area contributed by atoms with Gasteiger partial charge in [-0.3, -0.25) is 9.59 Å². The molecule has 0 saturated carbocycles. The van der Waals surface area contributed by atoms with E-state index in [1.165, 1.54) is 0 Å². The molecule has 2 aromatic carbocycles. The molecular weight excluding hydrogens is 603 g/mol. The lowest BCUT2D eigenvalue weighted by molar-refractivity contribution is -0.120. The van der Waals surface area contributed by atoms with Crippen molar-refractivity contribution >= 4 is 51.9 Å². The van der Waals surface area contributed by atoms with Crippen LogP contribution in [0.15, 0.2) is 65.8 Å². The average molecular weight is 636 g/mol. The molecule has 0 radical (unpaired) electrons. The first-order chi connectivity index (χ1) is 21.3. The normalized spacial score (nSPS) is 10.7. The number of carbonyl (C=O) groups excluding carboxylic acids is 4. The van der Waals surface area contributed by atoms with E-state index in [9.17, 15) is 19.2 Å². The summed E-state index contributed by atoms with van der Waals surface area (Å²) in [7, 11) is 0. The zero-order valence-corrected chi connectivity index (χ0v) is 26.3. The Balaban J connectivity index is 1.48. The summed E-state index contributed by atoms with van der Waals surface area (Å²) in [6.45, 7) is 5.88. The molecule has 4 aromatic rings. The third kappa shape index (κ3) is 8.54. The number of benzene rings is 2. The van der Waals surface area contributed by atoms with Crippen LogP contribution in [0.2, 0.25) is 0 Å². The quantitative estimate of drug-likeness (QED) is 0.150. The van der Waals surface area contributed by atoms with E-state index in [1.807, 2.05) is 65.2 Å². The van der Waals surface area contributed by atoms with E-state index in [4.69, 9.17) is 9.47 Å². The Morgan fingerprint density at radius 1 is 0.864 bits per heavy atom. The zero-order chi connectivity index (χ0) is 31.5. The number of nitrogens with one attached hydrogen (secondary N) is 2. The van der Waals surface area contributed by atoms with Crippen molar-refractivity contribution in [3.63, 3.8) is 0 Å². The van der Waals surface area contributed by atoms with E-state index in [-0.39, 0.29) is 53.3 Å². The van der Waals surface area contributed by atoms with E-state index in [1.54, 1.807) is 20.8 Å². The van der Waals surface area contributed by atoms with Crippen molar-refractivity contribution in [2.75, 3.05) is 24.3 Å². The van der Waals surface area contributed by atoms with Gasteiger partial charge in [-0.05, 0) is 37.5 Å². The van der Waals surface area contributed by atoms with E-state index in [2.05, 4.69) is 20.8 Å². The second-order valence-electron chi connectivity index (χ2n) is 9.45. The van der Waals surface area contributed by atoms with Crippen LogP contribution in [0.25, 0.3) is 0 Å². The summed E-state index contributed by atoms with van der Waals surface area (Å²) in [5.74, 6) is -1.29. The van der Waals surface area contributed by atoms with Gasteiger partial charge >= 0.3 is 11.9 Å². The molecule has 0 bridgehead atoms. The van der Waals surface area contributed by atoms with Crippen LogP contribution in [0.4, 0.5) is 5.00 Å². The van der Waals surface area contributed by atoms with E-state index in [0.717, 1.165) is 34.2 Å². The Morgan fingerprint density at radius 2 is 1.50 bits per heavy atom. The fourth-order valence-corrected chi connectivity index (χ4v) is 6.10. The van der Waals surface area contributed by atoms with Crippen molar-refractivity contribution in [3.8, 4) is 0 Å². The summed E-state index contributed by atoms with van der Waals surface area (Å²) in [6, 6.07) is 19.2. The van der Waals surface area contributed by atoms with Crippen molar-refractivity contribution in [2.45, 2.75) is 45.4 Å². The van der Waals surface area contributed by atoms with Gasteiger partial charge in [0.05, 0.1) is 44.0 Å². The maximum atomic E-state index is 13.1. The van der Waals surface area contributed by atoms with Crippen molar-refractivity contribution in [2.24, 2.45) is 0 Å². The number of hydrogen-bond acceptors (Lipinski definition) is 10. The highest BCUT2D eigenvalue weighted by Crippen LogP contribution is 2.34. The topological polar surface area (TPSA) is 142 Å². The lowest BCUT2D eigenvalue weighted by Crippen LogP contribution is -2.26. The van der Waals surface area contributed by atoms with Crippen LogP contribution in [0, 0.1) is 6.92 Å². The number of anilines is 1. The summed E-state index contributed by atoms with van der Waals surface area (Å²) in [4.78, 5) is 51.1. The third-order valence-electron chi connectivity index (χ3n) is 6.30. The molecular formula is C31H33N5O6S2. The number of esters is 2. The highest BCUT2D eigenvalue weighted by atomic mass is 32.2. The molecule has 4 rings (SSSR count). The van der Waals surface area contributed by atoms with E-state index < -0.39 is 17.8 Å². The molecule has 0 unspecified atom stereocenters. The van der Waals surface area contributed by atoms with E-state index >= 15 is 0 Å². The summed E-state index contributed by atoms with van der Waals surface area (Å²) in [6.07, 6.45) is 0.239. The Labute approximate surface area is 263 Å². The van der Waals surface area contributed by atoms with Crippen molar-refractivity contribution in [1.82, 2.24) is 20.1 Å². The standard InChI is InChI=1S/C31H33N5O6S2/c1-4-41-29(39)26-20(3)27(30(40)42-5-2)44-28(26)33-25(38)19-43-31-35-34-23(36(31)18-22-14-10-7-11-15-22)17-32-24(37)16-21-12-8-6-9-13-21/h6-15H,4-5,16-19H2,1-3H3,(H,32,37)(H,33,38). The van der Waals surface area contributed by atoms with Crippen LogP contribution in [-0.2, 0) is 38.6 Å². The average Bonchev–Trinajstić information content (AvgIpc) is 3.55. The van der Waals surface area contributed by atoms with Gasteiger partial charge in [-0.15, -0.1) is 21.5 Å². The highest BCUT2D eigenvalue weighted by Gasteiger charge is 2.27. The zero-order valence-electron chi connectivity index (χ0n) is 24.6. The van der Waals surface area contributed by atoms with Crippen molar-refractivity contribution in [3.05, 3.63) is 93.6 Å². The summed E-state index contributed by atoms with van der Waals surface area (Å²) in [5, 5.41) is 14.9. The summed E-state index contributed by atoms with van der Waals surface area (Å²) >= 11 is 2.13. The molecule has 0 aliphatic heterocycles. The SMILES string of the molecule is CCOC(=O)c1sc(NC(=O)CSc2nnc(CNC(=O)Cc3ccccc3)n2Cc2ccccc2)c(C(=O)OCC)c1C. The lowest BCUT2D eigenvalue weighted by atomic mass is 10.1. The molecule has 2 amide bonds. The number of carbonyl (C=O) groups is 4. The Bertz CT molecular complexity index is 1600. The number of nitrogens with zero attached hydrogens (tertiary/aromatic N) is 3. The molecule has 44 heavy (non-hydrogen) atoms. The largest absolute Gasteiger partial charge is 0.462 e.